The third kappa shape index (κ3) is 2.14. The van der Waals surface area contributed by atoms with Crippen molar-refractivity contribution in [2.24, 2.45) is 40.4 Å². The van der Waals surface area contributed by atoms with Gasteiger partial charge >= 0.3 is 0 Å². The Morgan fingerprint density at radius 2 is 1.88 bits per heavy atom. The zero-order chi connectivity index (χ0) is 23.7. The summed E-state index contributed by atoms with van der Waals surface area (Å²) in [5.74, 6) is -0.250. The summed E-state index contributed by atoms with van der Waals surface area (Å²) in [6, 6.07) is 0.217. The number of methoxy groups -OCH3 is 3. The zero-order valence-corrected chi connectivity index (χ0v) is 20.8. The van der Waals surface area contributed by atoms with Crippen LogP contribution >= 0.6 is 0 Å². The van der Waals surface area contributed by atoms with Crippen molar-refractivity contribution in [2.75, 3.05) is 54.2 Å². The SMILES string of the molecule is CCN1C[C@@]2(COC)[C@H]3[C@@H](OC)[C@H]4[C@@H]1[C@]3(CCC21OCCO1)[C@@H]1C[C@@H]2C(=O)[C@H](OC)C[C@@]4(O)[C@@H]21. The number of fused-ring (bicyclic) bond motifs is 2. The number of hydrogen-bond acceptors (Lipinski definition) is 8. The maximum Gasteiger partial charge on any atom is 0.177 e. The van der Waals surface area contributed by atoms with Gasteiger partial charge in [0.05, 0.1) is 36.9 Å². The van der Waals surface area contributed by atoms with Crippen molar-refractivity contribution in [2.45, 2.75) is 62.2 Å². The minimum atomic E-state index is -0.975. The van der Waals surface area contributed by atoms with Crippen molar-refractivity contribution in [3.05, 3.63) is 0 Å². The normalized spacial score (nSPS) is 56.4. The summed E-state index contributed by atoms with van der Waals surface area (Å²) in [5.41, 5.74) is -1.40. The molecule has 34 heavy (non-hydrogen) atoms. The first kappa shape index (κ1) is 22.6. The van der Waals surface area contributed by atoms with Crippen molar-refractivity contribution < 1.29 is 33.6 Å². The summed E-state index contributed by atoms with van der Waals surface area (Å²) in [5, 5.41) is 12.6. The lowest BCUT2D eigenvalue weighted by Crippen LogP contribution is -2.81. The van der Waals surface area contributed by atoms with Gasteiger partial charge in [-0.25, -0.2) is 0 Å². The topological polar surface area (TPSA) is 86.7 Å². The standard InChI is InChI=1S/C26H39NO7/c1-5-27-12-23(13-30-2)21-20(32-4)18-22(27)24(21,6-7-26(23)33-8-9-34-26)15-10-14-17(15)25(18,29)11-16(31-3)19(14)28/h14-18,20-22,29H,5-13H2,1-4H3/t14-,15+,16+,17-,18-,20-,21+,22+,23+,24+,25+/m0/s1. The predicted molar refractivity (Wildman–Crippen MR) is 120 cm³/mol. The van der Waals surface area contributed by atoms with Gasteiger partial charge in [-0.1, -0.05) is 6.92 Å². The van der Waals surface area contributed by atoms with Gasteiger partial charge in [-0.05, 0) is 30.7 Å². The highest BCUT2D eigenvalue weighted by molar-refractivity contribution is 5.88. The minimum Gasteiger partial charge on any atom is -0.389 e. The van der Waals surface area contributed by atoms with Crippen molar-refractivity contribution >= 4 is 5.78 Å². The maximum atomic E-state index is 13.2. The number of piperidine rings is 1. The van der Waals surface area contributed by atoms with Crippen molar-refractivity contribution in [3.8, 4) is 0 Å². The Balaban J connectivity index is 1.46. The highest BCUT2D eigenvalue weighted by atomic mass is 16.7. The molecule has 2 saturated heterocycles. The van der Waals surface area contributed by atoms with Crippen LogP contribution in [0.2, 0.25) is 0 Å². The molecule has 8 nitrogen and oxygen atoms in total. The van der Waals surface area contributed by atoms with Crippen LogP contribution in [-0.2, 0) is 28.5 Å². The van der Waals surface area contributed by atoms with Crippen molar-refractivity contribution in [3.63, 3.8) is 0 Å². The van der Waals surface area contributed by atoms with Gasteiger partial charge in [-0.2, -0.15) is 0 Å². The fourth-order valence-corrected chi connectivity index (χ4v) is 11.2. The number of carbonyl (C=O) groups excluding carboxylic acids is 1. The summed E-state index contributed by atoms with van der Waals surface area (Å²) >= 11 is 0. The summed E-state index contributed by atoms with van der Waals surface area (Å²) in [4.78, 5) is 15.8. The van der Waals surface area contributed by atoms with Crippen LogP contribution in [0.3, 0.4) is 0 Å². The van der Waals surface area contributed by atoms with Crippen LogP contribution < -0.4 is 0 Å². The van der Waals surface area contributed by atoms with E-state index in [4.69, 9.17) is 23.7 Å². The van der Waals surface area contributed by atoms with Gasteiger partial charge in [0.2, 0.25) is 0 Å². The van der Waals surface area contributed by atoms with Gasteiger partial charge in [-0.3, -0.25) is 9.69 Å². The molecule has 0 radical (unpaired) electrons. The Bertz CT molecular complexity index is 892. The molecule has 190 valence electrons. The number of ether oxygens (including phenoxy) is 5. The number of Topliss-reactive ketones (excluding diaryl/α,β-unsaturated/α-hetero) is 1. The summed E-state index contributed by atoms with van der Waals surface area (Å²) < 4.78 is 31.1. The molecule has 0 unspecified atom stereocenters. The fourth-order valence-electron chi connectivity index (χ4n) is 11.2. The Labute approximate surface area is 201 Å². The second kappa shape index (κ2) is 7.03. The van der Waals surface area contributed by atoms with E-state index in [9.17, 15) is 9.90 Å². The molecule has 8 heteroatoms. The van der Waals surface area contributed by atoms with Crippen LogP contribution in [0.5, 0.6) is 0 Å². The molecule has 0 aromatic heterocycles. The summed E-state index contributed by atoms with van der Waals surface area (Å²) in [6.07, 6.45) is 2.35. The van der Waals surface area contributed by atoms with Gasteiger partial charge in [0.15, 0.2) is 11.6 Å². The fraction of sp³-hybridized carbons (Fsp3) is 0.962. The van der Waals surface area contributed by atoms with Crippen LogP contribution in [-0.4, -0.2) is 99.7 Å². The molecule has 7 aliphatic rings. The molecule has 5 bridgehead atoms. The lowest BCUT2D eigenvalue weighted by atomic mass is 9.35. The average molecular weight is 478 g/mol. The lowest BCUT2D eigenvalue weighted by molar-refractivity contribution is -0.356. The third-order valence-electron chi connectivity index (χ3n) is 11.8. The second-order valence-corrected chi connectivity index (χ2v) is 12.2. The van der Waals surface area contributed by atoms with E-state index in [0.29, 0.717) is 32.2 Å². The molecule has 5 saturated carbocycles. The van der Waals surface area contributed by atoms with Crippen LogP contribution in [0, 0.1) is 40.4 Å². The molecule has 11 atom stereocenters. The first-order valence-corrected chi connectivity index (χ1v) is 13.2. The predicted octanol–water partition coefficient (Wildman–Crippen LogP) is 1.09. The first-order valence-electron chi connectivity index (χ1n) is 13.2. The number of nitrogens with zero attached hydrogens (tertiary/aromatic N) is 1. The van der Waals surface area contributed by atoms with Crippen LogP contribution in [0.4, 0.5) is 0 Å². The van der Waals surface area contributed by atoms with E-state index in [2.05, 4.69) is 11.8 Å². The van der Waals surface area contributed by atoms with E-state index in [1.54, 1.807) is 21.3 Å². The zero-order valence-electron chi connectivity index (χ0n) is 20.8. The Kier molecular flexibility index (Phi) is 4.67. The average Bonchev–Trinajstić information content (AvgIpc) is 3.34. The summed E-state index contributed by atoms with van der Waals surface area (Å²) in [7, 11) is 5.18. The molecule has 7 rings (SSSR count). The monoisotopic (exact) mass is 477 g/mol. The van der Waals surface area contributed by atoms with Crippen LogP contribution in [0.1, 0.15) is 32.6 Å². The quantitative estimate of drug-likeness (QED) is 0.630. The molecule has 2 aliphatic heterocycles. The molecule has 7 fully saturated rings. The Hall–Kier alpha value is -0.610. The molecule has 0 aromatic rings. The van der Waals surface area contributed by atoms with E-state index in [-0.39, 0.29) is 47.0 Å². The van der Waals surface area contributed by atoms with E-state index in [0.717, 1.165) is 32.4 Å². The highest BCUT2D eigenvalue weighted by Gasteiger charge is 2.88. The maximum absolute atomic E-state index is 13.2. The van der Waals surface area contributed by atoms with Crippen LogP contribution in [0.25, 0.3) is 0 Å². The molecular formula is C26H39NO7. The van der Waals surface area contributed by atoms with E-state index < -0.39 is 22.9 Å². The Morgan fingerprint density at radius 3 is 2.53 bits per heavy atom. The van der Waals surface area contributed by atoms with E-state index in [1.165, 1.54) is 0 Å². The molecule has 1 N–H and O–H groups in total. The number of likely N-dealkylation sites (tertiary alicyclic amines) is 1. The molecular weight excluding hydrogens is 438 g/mol. The first-order chi connectivity index (χ1) is 16.4. The molecule has 5 aliphatic carbocycles. The third-order valence-corrected chi connectivity index (χ3v) is 11.8. The smallest absolute Gasteiger partial charge is 0.177 e. The van der Waals surface area contributed by atoms with Gasteiger partial charge in [0.25, 0.3) is 0 Å². The number of hydrogen-bond donors (Lipinski definition) is 1. The molecule has 0 amide bonds. The largest absolute Gasteiger partial charge is 0.389 e. The molecule has 2 spiro atoms. The van der Waals surface area contributed by atoms with Gasteiger partial charge in [0, 0.05) is 70.4 Å². The number of rotatable bonds is 5. The van der Waals surface area contributed by atoms with Crippen LogP contribution in [0.15, 0.2) is 0 Å². The number of aliphatic hydroxyl groups is 1. The Morgan fingerprint density at radius 1 is 1.12 bits per heavy atom. The van der Waals surface area contributed by atoms with Gasteiger partial charge in [0.1, 0.15) is 6.10 Å². The lowest BCUT2D eigenvalue weighted by Gasteiger charge is -2.74. The molecule has 0 aromatic carbocycles. The van der Waals surface area contributed by atoms with E-state index >= 15 is 0 Å². The number of ketones is 1. The van der Waals surface area contributed by atoms with E-state index in [1.807, 2.05) is 0 Å². The second-order valence-electron chi connectivity index (χ2n) is 12.2. The van der Waals surface area contributed by atoms with Crippen molar-refractivity contribution in [1.29, 1.82) is 0 Å². The van der Waals surface area contributed by atoms with Crippen molar-refractivity contribution in [1.82, 2.24) is 4.90 Å². The minimum absolute atomic E-state index is 0.00758. The van der Waals surface area contributed by atoms with Gasteiger partial charge < -0.3 is 28.8 Å². The summed E-state index contributed by atoms with van der Waals surface area (Å²) in [6.45, 7) is 5.66. The number of carbonyl (C=O) groups is 1. The highest BCUT2D eigenvalue weighted by Crippen LogP contribution is 2.81. The molecule has 2 heterocycles. The van der Waals surface area contributed by atoms with Gasteiger partial charge in [-0.15, -0.1) is 0 Å².